The summed E-state index contributed by atoms with van der Waals surface area (Å²) in [7, 11) is 0. The van der Waals surface area contributed by atoms with Gasteiger partial charge in [-0.1, -0.05) is 62.4 Å². The molecule has 122 valence electrons. The number of hydrogen-bond acceptors (Lipinski definition) is 2. The molecule has 0 aromatic heterocycles. The molecule has 2 N–H and O–H groups in total. The normalized spacial score (nSPS) is 10.8. The van der Waals surface area contributed by atoms with Gasteiger partial charge in [0.15, 0.2) is 0 Å². The summed E-state index contributed by atoms with van der Waals surface area (Å²) in [5, 5.41) is 8.54. The molecule has 3 heteroatoms. The number of carbonyl (C=O) groups is 1. The fourth-order valence-corrected chi connectivity index (χ4v) is 2.79. The van der Waals surface area contributed by atoms with E-state index >= 15 is 0 Å². The summed E-state index contributed by atoms with van der Waals surface area (Å²) >= 11 is 0. The van der Waals surface area contributed by atoms with Crippen molar-refractivity contribution in [2.24, 2.45) is 0 Å². The molecule has 0 fully saturated rings. The quantitative estimate of drug-likeness (QED) is 0.694. The van der Waals surface area contributed by atoms with Crippen molar-refractivity contribution >= 4 is 28.1 Å². The molecule has 1 amide bonds. The van der Waals surface area contributed by atoms with Crippen molar-refractivity contribution < 1.29 is 4.79 Å². The highest BCUT2D eigenvalue weighted by molar-refractivity contribution is 5.95. The van der Waals surface area contributed by atoms with Crippen molar-refractivity contribution in [1.82, 2.24) is 0 Å². The van der Waals surface area contributed by atoms with Gasteiger partial charge >= 0.3 is 0 Å². The van der Waals surface area contributed by atoms with Crippen molar-refractivity contribution in [3.63, 3.8) is 0 Å². The standard InChI is InChI=1S/C21H22N2O/c1-15(2)19-9-5-6-10-20(19)23-21(24)14-22-18-12-11-16-7-3-4-8-17(16)13-18/h3-13,15,22H,14H2,1-2H3,(H,23,24). The topological polar surface area (TPSA) is 41.1 Å². The predicted octanol–water partition coefficient (Wildman–Crippen LogP) is 5.01. The van der Waals surface area contributed by atoms with Crippen LogP contribution in [-0.4, -0.2) is 12.5 Å². The SMILES string of the molecule is CC(C)c1ccccc1NC(=O)CNc1ccc2ccccc2c1. The first-order valence-electron chi connectivity index (χ1n) is 8.25. The van der Waals surface area contributed by atoms with Crippen molar-refractivity contribution in [1.29, 1.82) is 0 Å². The van der Waals surface area contributed by atoms with Gasteiger partial charge in [-0.3, -0.25) is 4.79 Å². The summed E-state index contributed by atoms with van der Waals surface area (Å²) < 4.78 is 0. The van der Waals surface area contributed by atoms with Crippen LogP contribution in [0.4, 0.5) is 11.4 Å². The number of nitrogens with one attached hydrogen (secondary N) is 2. The Bertz CT molecular complexity index is 855. The molecule has 3 aromatic rings. The van der Waals surface area contributed by atoms with Gasteiger partial charge in [0, 0.05) is 11.4 Å². The molecule has 0 saturated heterocycles. The highest BCUT2D eigenvalue weighted by atomic mass is 16.1. The van der Waals surface area contributed by atoms with Gasteiger partial charge in [-0.2, -0.15) is 0 Å². The molecule has 0 aliphatic heterocycles. The molecule has 0 aliphatic carbocycles. The lowest BCUT2D eigenvalue weighted by atomic mass is 10.0. The van der Waals surface area contributed by atoms with Crippen molar-refractivity contribution in [2.75, 3.05) is 17.2 Å². The maximum absolute atomic E-state index is 12.3. The van der Waals surface area contributed by atoms with Gasteiger partial charge in [-0.15, -0.1) is 0 Å². The highest BCUT2D eigenvalue weighted by Gasteiger charge is 2.09. The lowest BCUT2D eigenvalue weighted by molar-refractivity contribution is -0.114. The Kier molecular flexibility index (Phi) is 4.80. The molecule has 0 unspecified atom stereocenters. The first-order chi connectivity index (χ1) is 11.6. The molecular weight excluding hydrogens is 296 g/mol. The van der Waals surface area contributed by atoms with Gasteiger partial charge in [0.05, 0.1) is 6.54 Å². The van der Waals surface area contributed by atoms with E-state index in [0.717, 1.165) is 22.3 Å². The van der Waals surface area contributed by atoms with Crippen molar-refractivity contribution in [3.05, 3.63) is 72.3 Å². The summed E-state index contributed by atoms with van der Waals surface area (Å²) in [5.74, 6) is 0.325. The van der Waals surface area contributed by atoms with Gasteiger partial charge in [0.25, 0.3) is 0 Å². The average molecular weight is 318 g/mol. The largest absolute Gasteiger partial charge is 0.376 e. The molecule has 0 saturated carbocycles. The molecule has 0 atom stereocenters. The molecule has 0 radical (unpaired) electrons. The molecule has 3 rings (SSSR count). The Morgan fingerprint density at radius 3 is 2.42 bits per heavy atom. The summed E-state index contributed by atoms with van der Waals surface area (Å²) in [5.41, 5.74) is 2.98. The summed E-state index contributed by atoms with van der Waals surface area (Å²) in [6.07, 6.45) is 0. The number of carbonyl (C=O) groups excluding carboxylic acids is 1. The number of benzene rings is 3. The minimum Gasteiger partial charge on any atom is -0.376 e. The Morgan fingerprint density at radius 1 is 0.917 bits per heavy atom. The van der Waals surface area contributed by atoms with Crippen LogP contribution in [0.5, 0.6) is 0 Å². The van der Waals surface area contributed by atoms with Crippen LogP contribution in [0.3, 0.4) is 0 Å². The van der Waals surface area contributed by atoms with Gasteiger partial charge in [-0.25, -0.2) is 0 Å². The van der Waals surface area contributed by atoms with Crippen LogP contribution in [-0.2, 0) is 4.79 Å². The van der Waals surface area contributed by atoms with E-state index < -0.39 is 0 Å². The fraction of sp³-hybridized carbons (Fsp3) is 0.190. The Hall–Kier alpha value is -2.81. The summed E-state index contributed by atoms with van der Waals surface area (Å²) in [6.45, 7) is 4.49. The number of fused-ring (bicyclic) bond motifs is 1. The molecule has 0 spiro atoms. The van der Waals surface area contributed by atoms with E-state index in [4.69, 9.17) is 0 Å². The number of para-hydroxylation sites is 1. The van der Waals surface area contributed by atoms with E-state index in [2.05, 4.69) is 54.8 Å². The molecule has 24 heavy (non-hydrogen) atoms. The fourth-order valence-electron chi connectivity index (χ4n) is 2.79. The Labute approximate surface area is 142 Å². The van der Waals surface area contributed by atoms with Crippen LogP contribution in [0.25, 0.3) is 10.8 Å². The first kappa shape index (κ1) is 16.1. The molecule has 0 bridgehead atoms. The van der Waals surface area contributed by atoms with E-state index in [-0.39, 0.29) is 12.5 Å². The van der Waals surface area contributed by atoms with Crippen LogP contribution in [0.1, 0.15) is 25.3 Å². The van der Waals surface area contributed by atoms with Crippen LogP contribution in [0.15, 0.2) is 66.7 Å². The minimum atomic E-state index is -0.0451. The van der Waals surface area contributed by atoms with Gasteiger partial charge in [-0.05, 0) is 40.5 Å². The van der Waals surface area contributed by atoms with E-state index in [9.17, 15) is 4.79 Å². The number of rotatable bonds is 5. The average Bonchev–Trinajstić information content (AvgIpc) is 2.60. The predicted molar refractivity (Wildman–Crippen MR) is 102 cm³/mol. The maximum atomic E-state index is 12.3. The lowest BCUT2D eigenvalue weighted by Gasteiger charge is -2.14. The van der Waals surface area contributed by atoms with E-state index in [0.29, 0.717) is 5.92 Å². The number of amides is 1. The number of anilines is 2. The van der Waals surface area contributed by atoms with E-state index in [1.807, 2.05) is 36.4 Å². The van der Waals surface area contributed by atoms with Crippen LogP contribution in [0.2, 0.25) is 0 Å². The van der Waals surface area contributed by atoms with Gasteiger partial charge in [0.2, 0.25) is 5.91 Å². The third-order valence-electron chi connectivity index (χ3n) is 4.06. The van der Waals surface area contributed by atoms with Gasteiger partial charge < -0.3 is 10.6 Å². The second kappa shape index (κ2) is 7.18. The summed E-state index contributed by atoms with van der Waals surface area (Å²) in [4.78, 5) is 12.3. The molecule has 3 aromatic carbocycles. The van der Waals surface area contributed by atoms with Crippen LogP contribution >= 0.6 is 0 Å². The molecule has 0 heterocycles. The molecule has 0 aliphatic rings. The van der Waals surface area contributed by atoms with E-state index in [1.54, 1.807) is 0 Å². The van der Waals surface area contributed by atoms with Crippen molar-refractivity contribution in [2.45, 2.75) is 19.8 Å². The van der Waals surface area contributed by atoms with Crippen LogP contribution in [0, 0.1) is 0 Å². The zero-order chi connectivity index (χ0) is 16.9. The molecule has 3 nitrogen and oxygen atoms in total. The Balaban J connectivity index is 1.65. The molecular formula is C21H22N2O. The first-order valence-corrected chi connectivity index (χ1v) is 8.25. The second-order valence-corrected chi connectivity index (χ2v) is 6.21. The van der Waals surface area contributed by atoms with Crippen LogP contribution < -0.4 is 10.6 Å². The number of hydrogen-bond donors (Lipinski definition) is 2. The zero-order valence-corrected chi connectivity index (χ0v) is 14.0. The smallest absolute Gasteiger partial charge is 0.243 e. The monoisotopic (exact) mass is 318 g/mol. The third kappa shape index (κ3) is 3.74. The summed E-state index contributed by atoms with van der Waals surface area (Å²) in [6, 6.07) is 22.2. The highest BCUT2D eigenvalue weighted by Crippen LogP contribution is 2.23. The maximum Gasteiger partial charge on any atom is 0.243 e. The van der Waals surface area contributed by atoms with Crippen molar-refractivity contribution in [3.8, 4) is 0 Å². The van der Waals surface area contributed by atoms with Gasteiger partial charge in [0.1, 0.15) is 0 Å². The lowest BCUT2D eigenvalue weighted by Crippen LogP contribution is -2.22. The Morgan fingerprint density at radius 2 is 1.62 bits per heavy atom. The second-order valence-electron chi connectivity index (χ2n) is 6.21. The zero-order valence-electron chi connectivity index (χ0n) is 14.0. The van der Waals surface area contributed by atoms with E-state index in [1.165, 1.54) is 5.39 Å². The third-order valence-corrected chi connectivity index (χ3v) is 4.06. The minimum absolute atomic E-state index is 0.0451.